The first-order chi connectivity index (χ1) is 7.38. The molecule has 0 aromatic carbocycles. The third-order valence-corrected chi connectivity index (χ3v) is 3.24. The Morgan fingerprint density at radius 2 is 1.93 bits per heavy atom. The van der Waals surface area contributed by atoms with Gasteiger partial charge in [-0.3, -0.25) is 4.90 Å². The summed E-state index contributed by atoms with van der Waals surface area (Å²) in [6, 6.07) is 0.732. The van der Waals surface area contributed by atoms with Crippen LogP contribution in [0.2, 0.25) is 0 Å². The molecule has 1 saturated carbocycles. The highest BCUT2D eigenvalue weighted by molar-refractivity contribution is 4.91. The van der Waals surface area contributed by atoms with Gasteiger partial charge in [0.25, 0.3) is 0 Å². The fraction of sp³-hybridized carbons (Fsp3) is 0.846. The molecule has 0 spiro atoms. The second kappa shape index (κ2) is 7.73. The van der Waals surface area contributed by atoms with Crippen molar-refractivity contribution in [2.45, 2.75) is 51.0 Å². The summed E-state index contributed by atoms with van der Waals surface area (Å²) in [6.07, 6.45) is 14.0. The van der Waals surface area contributed by atoms with Gasteiger partial charge < -0.3 is 5.11 Å². The summed E-state index contributed by atoms with van der Waals surface area (Å²) in [7, 11) is 0. The van der Waals surface area contributed by atoms with Crippen molar-refractivity contribution in [1.82, 2.24) is 4.90 Å². The highest BCUT2D eigenvalue weighted by Crippen LogP contribution is 2.23. The van der Waals surface area contributed by atoms with E-state index in [1.165, 1.54) is 32.1 Å². The van der Waals surface area contributed by atoms with Gasteiger partial charge in [0.05, 0.1) is 6.54 Å². The average molecular weight is 209 g/mol. The first kappa shape index (κ1) is 12.5. The van der Waals surface area contributed by atoms with Gasteiger partial charge in [-0.05, 0) is 38.6 Å². The molecule has 0 unspecified atom stereocenters. The van der Waals surface area contributed by atoms with Crippen LogP contribution in [0, 0.1) is 12.3 Å². The van der Waals surface area contributed by atoms with Crippen LogP contribution < -0.4 is 0 Å². The van der Waals surface area contributed by atoms with Crippen LogP contribution >= 0.6 is 0 Å². The predicted molar refractivity (Wildman–Crippen MR) is 63.6 cm³/mol. The summed E-state index contributed by atoms with van der Waals surface area (Å²) in [5, 5.41) is 8.70. The number of aliphatic hydroxyl groups excluding tert-OH is 1. The van der Waals surface area contributed by atoms with Crippen LogP contribution in [0.4, 0.5) is 0 Å². The van der Waals surface area contributed by atoms with Crippen LogP contribution in [-0.4, -0.2) is 35.7 Å². The van der Waals surface area contributed by atoms with Crippen LogP contribution in [-0.2, 0) is 0 Å². The minimum atomic E-state index is 0.318. The summed E-state index contributed by atoms with van der Waals surface area (Å²) < 4.78 is 0. The first-order valence-electron chi connectivity index (χ1n) is 6.17. The first-order valence-corrected chi connectivity index (χ1v) is 6.17. The topological polar surface area (TPSA) is 23.5 Å². The van der Waals surface area contributed by atoms with E-state index in [2.05, 4.69) is 10.8 Å². The molecule has 0 saturated heterocycles. The molecule has 0 bridgehead atoms. The SMILES string of the molecule is C#CCN(CCCCCO)C1CCCC1. The quantitative estimate of drug-likeness (QED) is 0.512. The lowest BCUT2D eigenvalue weighted by Crippen LogP contribution is -2.34. The number of nitrogens with zero attached hydrogens (tertiary/aromatic N) is 1. The minimum Gasteiger partial charge on any atom is -0.396 e. The molecule has 2 heteroatoms. The van der Waals surface area contributed by atoms with Gasteiger partial charge in [-0.2, -0.15) is 0 Å². The second-order valence-electron chi connectivity index (χ2n) is 4.40. The standard InChI is InChI=1S/C13H23NO/c1-2-10-14(11-6-3-7-12-15)13-8-4-5-9-13/h1,13,15H,3-12H2. The molecule has 1 aliphatic rings. The van der Waals surface area contributed by atoms with Crippen molar-refractivity contribution >= 4 is 0 Å². The van der Waals surface area contributed by atoms with Gasteiger partial charge in [0, 0.05) is 12.6 Å². The van der Waals surface area contributed by atoms with E-state index in [1.807, 2.05) is 0 Å². The Morgan fingerprint density at radius 3 is 2.53 bits per heavy atom. The van der Waals surface area contributed by atoms with Crippen LogP contribution in [0.5, 0.6) is 0 Å². The lowest BCUT2D eigenvalue weighted by Gasteiger charge is -2.26. The van der Waals surface area contributed by atoms with E-state index in [0.717, 1.165) is 32.0 Å². The zero-order valence-electron chi connectivity index (χ0n) is 9.62. The van der Waals surface area contributed by atoms with E-state index < -0.39 is 0 Å². The molecular formula is C13H23NO. The highest BCUT2D eigenvalue weighted by Gasteiger charge is 2.20. The molecule has 0 aromatic rings. The Morgan fingerprint density at radius 1 is 1.20 bits per heavy atom. The molecule has 1 aliphatic carbocycles. The lowest BCUT2D eigenvalue weighted by molar-refractivity contribution is 0.214. The summed E-state index contributed by atoms with van der Waals surface area (Å²) >= 11 is 0. The fourth-order valence-electron chi connectivity index (χ4n) is 2.38. The third kappa shape index (κ3) is 4.68. The number of hydrogen-bond acceptors (Lipinski definition) is 2. The van der Waals surface area contributed by atoms with Crippen molar-refractivity contribution in [2.75, 3.05) is 19.7 Å². The number of aliphatic hydroxyl groups is 1. The van der Waals surface area contributed by atoms with Gasteiger partial charge in [-0.25, -0.2) is 0 Å². The number of rotatable bonds is 7. The van der Waals surface area contributed by atoms with Crippen LogP contribution in [0.15, 0.2) is 0 Å². The molecule has 1 fully saturated rings. The monoisotopic (exact) mass is 209 g/mol. The number of unbranched alkanes of at least 4 members (excludes halogenated alkanes) is 2. The summed E-state index contributed by atoms with van der Waals surface area (Å²) in [4.78, 5) is 2.45. The number of hydrogen-bond donors (Lipinski definition) is 1. The van der Waals surface area contributed by atoms with E-state index in [0.29, 0.717) is 6.61 Å². The zero-order valence-corrected chi connectivity index (χ0v) is 9.62. The molecule has 0 radical (unpaired) electrons. The normalized spacial score (nSPS) is 17.1. The fourth-order valence-corrected chi connectivity index (χ4v) is 2.38. The van der Waals surface area contributed by atoms with Gasteiger partial charge in [0.2, 0.25) is 0 Å². The summed E-state index contributed by atoms with van der Waals surface area (Å²) in [5.41, 5.74) is 0. The van der Waals surface area contributed by atoms with Crippen molar-refractivity contribution in [3.63, 3.8) is 0 Å². The van der Waals surface area contributed by atoms with E-state index >= 15 is 0 Å². The predicted octanol–water partition coefficient (Wildman–Crippen LogP) is 2.03. The van der Waals surface area contributed by atoms with E-state index in [4.69, 9.17) is 11.5 Å². The molecule has 0 heterocycles. The van der Waals surface area contributed by atoms with Gasteiger partial charge in [-0.15, -0.1) is 6.42 Å². The molecule has 0 atom stereocenters. The molecule has 86 valence electrons. The zero-order chi connectivity index (χ0) is 10.9. The Bertz CT molecular complexity index is 191. The molecular weight excluding hydrogens is 186 g/mol. The molecule has 15 heavy (non-hydrogen) atoms. The molecule has 0 amide bonds. The van der Waals surface area contributed by atoms with Gasteiger partial charge in [0.15, 0.2) is 0 Å². The van der Waals surface area contributed by atoms with Crippen molar-refractivity contribution in [3.8, 4) is 12.3 Å². The van der Waals surface area contributed by atoms with Crippen molar-refractivity contribution in [2.24, 2.45) is 0 Å². The Hall–Kier alpha value is -0.520. The van der Waals surface area contributed by atoms with Crippen molar-refractivity contribution in [3.05, 3.63) is 0 Å². The maximum atomic E-state index is 8.70. The summed E-state index contributed by atoms with van der Waals surface area (Å²) in [6.45, 7) is 2.22. The lowest BCUT2D eigenvalue weighted by atomic mass is 10.1. The molecule has 1 N–H and O–H groups in total. The van der Waals surface area contributed by atoms with Crippen LogP contribution in [0.25, 0.3) is 0 Å². The highest BCUT2D eigenvalue weighted by atomic mass is 16.2. The molecule has 1 rings (SSSR count). The molecule has 0 aliphatic heterocycles. The van der Waals surface area contributed by atoms with Crippen molar-refractivity contribution in [1.29, 1.82) is 0 Å². The number of terminal acetylenes is 1. The third-order valence-electron chi connectivity index (χ3n) is 3.24. The maximum absolute atomic E-state index is 8.70. The van der Waals surface area contributed by atoms with Gasteiger partial charge in [-0.1, -0.05) is 18.8 Å². The smallest absolute Gasteiger partial charge is 0.0601 e. The van der Waals surface area contributed by atoms with E-state index in [9.17, 15) is 0 Å². The Balaban J connectivity index is 2.21. The van der Waals surface area contributed by atoms with E-state index in [-0.39, 0.29) is 0 Å². The van der Waals surface area contributed by atoms with Crippen LogP contribution in [0.3, 0.4) is 0 Å². The average Bonchev–Trinajstić information content (AvgIpc) is 2.76. The Labute approximate surface area is 93.7 Å². The molecule has 2 nitrogen and oxygen atoms in total. The largest absolute Gasteiger partial charge is 0.396 e. The minimum absolute atomic E-state index is 0.318. The molecule has 0 aromatic heterocycles. The van der Waals surface area contributed by atoms with Gasteiger partial charge >= 0.3 is 0 Å². The van der Waals surface area contributed by atoms with Crippen LogP contribution in [0.1, 0.15) is 44.9 Å². The Kier molecular flexibility index (Phi) is 6.47. The van der Waals surface area contributed by atoms with Gasteiger partial charge in [0.1, 0.15) is 0 Å². The van der Waals surface area contributed by atoms with Crippen molar-refractivity contribution < 1.29 is 5.11 Å². The second-order valence-corrected chi connectivity index (χ2v) is 4.40. The summed E-state index contributed by atoms with van der Waals surface area (Å²) in [5.74, 6) is 2.76. The van der Waals surface area contributed by atoms with E-state index in [1.54, 1.807) is 0 Å². The maximum Gasteiger partial charge on any atom is 0.0601 e.